The van der Waals surface area contributed by atoms with Crippen molar-refractivity contribution in [2.24, 2.45) is 5.92 Å². The van der Waals surface area contributed by atoms with Crippen molar-refractivity contribution < 1.29 is 0 Å². The Morgan fingerprint density at radius 3 is 2.50 bits per heavy atom. The average molecular weight is 275 g/mol. The number of rotatable bonds is 4. The summed E-state index contributed by atoms with van der Waals surface area (Å²) in [6, 6.07) is 1.91. The molecule has 0 spiro atoms. The minimum Gasteiger partial charge on any atom is -0.384 e. The van der Waals surface area contributed by atoms with E-state index in [0.29, 0.717) is 11.7 Å². The van der Waals surface area contributed by atoms with Gasteiger partial charge >= 0.3 is 0 Å². The standard InChI is InChI=1S/C15H25N5/c1-11(2)15-17-13(16)9-14(18-15)20-7-5-19(6-8-20)10-12-3-4-12/h9,11-12H,3-8,10H2,1-2H3,(H2,16,17,18). The minimum atomic E-state index is 0.313. The summed E-state index contributed by atoms with van der Waals surface area (Å²) in [6.07, 6.45) is 2.86. The molecule has 1 saturated carbocycles. The quantitative estimate of drug-likeness (QED) is 0.906. The first-order chi connectivity index (χ1) is 9.61. The molecule has 20 heavy (non-hydrogen) atoms. The van der Waals surface area contributed by atoms with E-state index in [0.717, 1.165) is 43.7 Å². The van der Waals surface area contributed by atoms with Crippen LogP contribution in [0.2, 0.25) is 0 Å². The number of nitrogens with zero attached hydrogens (tertiary/aromatic N) is 4. The second-order valence-corrected chi connectivity index (χ2v) is 6.39. The van der Waals surface area contributed by atoms with Crippen molar-refractivity contribution in [3.63, 3.8) is 0 Å². The van der Waals surface area contributed by atoms with Gasteiger partial charge in [-0.3, -0.25) is 4.90 Å². The molecule has 2 N–H and O–H groups in total. The lowest BCUT2D eigenvalue weighted by Gasteiger charge is -2.35. The van der Waals surface area contributed by atoms with E-state index in [-0.39, 0.29) is 0 Å². The zero-order valence-corrected chi connectivity index (χ0v) is 12.5. The third kappa shape index (κ3) is 3.20. The van der Waals surface area contributed by atoms with Gasteiger partial charge in [-0.25, -0.2) is 9.97 Å². The van der Waals surface area contributed by atoms with Crippen molar-refractivity contribution in [1.29, 1.82) is 0 Å². The molecule has 1 aromatic heterocycles. The first kappa shape index (κ1) is 13.6. The van der Waals surface area contributed by atoms with Crippen molar-refractivity contribution in [2.75, 3.05) is 43.4 Å². The molecule has 0 unspecified atom stereocenters. The van der Waals surface area contributed by atoms with Crippen LogP contribution in [0, 0.1) is 5.92 Å². The lowest BCUT2D eigenvalue weighted by Crippen LogP contribution is -2.47. The van der Waals surface area contributed by atoms with E-state index in [2.05, 4.69) is 33.6 Å². The van der Waals surface area contributed by atoms with Gasteiger partial charge in [0.05, 0.1) is 0 Å². The molecule has 1 saturated heterocycles. The lowest BCUT2D eigenvalue weighted by molar-refractivity contribution is 0.247. The van der Waals surface area contributed by atoms with Gasteiger partial charge in [0.1, 0.15) is 17.5 Å². The van der Waals surface area contributed by atoms with Gasteiger partial charge in [0.25, 0.3) is 0 Å². The molecule has 0 atom stereocenters. The second-order valence-electron chi connectivity index (χ2n) is 6.39. The van der Waals surface area contributed by atoms with Crippen molar-refractivity contribution in [3.05, 3.63) is 11.9 Å². The molecule has 0 bridgehead atoms. The van der Waals surface area contributed by atoms with Crippen LogP contribution >= 0.6 is 0 Å². The zero-order chi connectivity index (χ0) is 14.1. The number of nitrogen functional groups attached to an aromatic ring is 1. The molecule has 3 rings (SSSR count). The van der Waals surface area contributed by atoms with E-state index in [1.165, 1.54) is 19.4 Å². The lowest BCUT2D eigenvalue weighted by atomic mass is 10.2. The van der Waals surface area contributed by atoms with E-state index in [1.807, 2.05) is 6.07 Å². The molecular formula is C15H25N5. The van der Waals surface area contributed by atoms with Crippen LogP contribution in [0.25, 0.3) is 0 Å². The Balaban J connectivity index is 1.64. The molecular weight excluding hydrogens is 250 g/mol. The summed E-state index contributed by atoms with van der Waals surface area (Å²) < 4.78 is 0. The predicted molar refractivity (Wildman–Crippen MR) is 81.9 cm³/mol. The molecule has 110 valence electrons. The van der Waals surface area contributed by atoms with Gasteiger partial charge in [-0.15, -0.1) is 0 Å². The highest BCUT2D eigenvalue weighted by Crippen LogP contribution is 2.30. The number of hydrogen-bond donors (Lipinski definition) is 1. The third-order valence-electron chi connectivity index (χ3n) is 4.18. The van der Waals surface area contributed by atoms with Crippen LogP contribution in [0.1, 0.15) is 38.4 Å². The van der Waals surface area contributed by atoms with Crippen molar-refractivity contribution >= 4 is 11.6 Å². The Labute approximate surface area is 121 Å². The maximum absolute atomic E-state index is 5.92. The molecule has 1 aromatic rings. The van der Waals surface area contributed by atoms with Crippen molar-refractivity contribution in [1.82, 2.24) is 14.9 Å². The van der Waals surface area contributed by atoms with Gasteiger partial charge in [-0.2, -0.15) is 0 Å². The fourth-order valence-electron chi connectivity index (χ4n) is 2.72. The Bertz CT molecular complexity index is 461. The fraction of sp³-hybridized carbons (Fsp3) is 0.733. The van der Waals surface area contributed by atoms with E-state index in [9.17, 15) is 0 Å². The first-order valence-corrected chi connectivity index (χ1v) is 7.73. The predicted octanol–water partition coefficient (Wildman–Crippen LogP) is 1.71. The normalized spacial score (nSPS) is 20.6. The Morgan fingerprint density at radius 2 is 1.90 bits per heavy atom. The number of anilines is 2. The summed E-state index contributed by atoms with van der Waals surface area (Å²) >= 11 is 0. The maximum atomic E-state index is 5.92. The molecule has 1 aliphatic carbocycles. The molecule has 5 heteroatoms. The van der Waals surface area contributed by atoms with E-state index in [4.69, 9.17) is 5.73 Å². The van der Waals surface area contributed by atoms with E-state index >= 15 is 0 Å². The average Bonchev–Trinajstić information content (AvgIpc) is 3.23. The van der Waals surface area contributed by atoms with Gasteiger partial charge in [0, 0.05) is 44.7 Å². The van der Waals surface area contributed by atoms with E-state index in [1.54, 1.807) is 0 Å². The fourth-order valence-corrected chi connectivity index (χ4v) is 2.72. The monoisotopic (exact) mass is 275 g/mol. The molecule has 0 aromatic carbocycles. The largest absolute Gasteiger partial charge is 0.384 e. The summed E-state index contributed by atoms with van der Waals surface area (Å²) in [5.74, 6) is 3.71. The van der Waals surface area contributed by atoms with Gasteiger partial charge < -0.3 is 10.6 Å². The molecule has 0 amide bonds. The summed E-state index contributed by atoms with van der Waals surface area (Å²) in [5, 5.41) is 0. The number of piperazine rings is 1. The molecule has 5 nitrogen and oxygen atoms in total. The smallest absolute Gasteiger partial charge is 0.135 e. The molecule has 2 heterocycles. The van der Waals surface area contributed by atoms with Crippen LogP contribution in [0.5, 0.6) is 0 Å². The van der Waals surface area contributed by atoms with Crippen molar-refractivity contribution in [2.45, 2.75) is 32.6 Å². The van der Waals surface area contributed by atoms with Crippen LogP contribution in [-0.4, -0.2) is 47.6 Å². The Kier molecular flexibility index (Phi) is 3.78. The zero-order valence-electron chi connectivity index (χ0n) is 12.5. The van der Waals surface area contributed by atoms with Crippen LogP contribution in [-0.2, 0) is 0 Å². The SMILES string of the molecule is CC(C)c1nc(N)cc(N2CCN(CC3CC3)CC2)n1. The topological polar surface area (TPSA) is 58.3 Å². The minimum absolute atomic E-state index is 0.313. The van der Waals surface area contributed by atoms with Gasteiger partial charge in [0.15, 0.2) is 0 Å². The van der Waals surface area contributed by atoms with E-state index < -0.39 is 0 Å². The second kappa shape index (κ2) is 5.56. The van der Waals surface area contributed by atoms with Gasteiger partial charge in [-0.1, -0.05) is 13.8 Å². The van der Waals surface area contributed by atoms with Gasteiger partial charge in [0.2, 0.25) is 0 Å². The van der Waals surface area contributed by atoms with Crippen LogP contribution < -0.4 is 10.6 Å². The molecule has 2 aliphatic rings. The van der Waals surface area contributed by atoms with Crippen LogP contribution in [0.15, 0.2) is 6.07 Å². The third-order valence-corrected chi connectivity index (χ3v) is 4.18. The highest BCUT2D eigenvalue weighted by atomic mass is 15.3. The molecule has 0 radical (unpaired) electrons. The highest BCUT2D eigenvalue weighted by Gasteiger charge is 2.26. The first-order valence-electron chi connectivity index (χ1n) is 7.73. The Morgan fingerprint density at radius 1 is 1.20 bits per heavy atom. The molecule has 1 aliphatic heterocycles. The number of nitrogens with two attached hydrogens (primary N) is 1. The summed E-state index contributed by atoms with van der Waals surface area (Å²) in [4.78, 5) is 13.9. The summed E-state index contributed by atoms with van der Waals surface area (Å²) in [5.41, 5.74) is 5.92. The Hall–Kier alpha value is -1.36. The van der Waals surface area contributed by atoms with Crippen LogP contribution in [0.3, 0.4) is 0 Å². The number of aromatic nitrogens is 2. The summed E-state index contributed by atoms with van der Waals surface area (Å²) in [7, 11) is 0. The number of hydrogen-bond acceptors (Lipinski definition) is 5. The molecule has 2 fully saturated rings. The van der Waals surface area contributed by atoms with Crippen LogP contribution in [0.4, 0.5) is 11.6 Å². The summed E-state index contributed by atoms with van der Waals surface area (Å²) in [6.45, 7) is 9.85. The highest BCUT2D eigenvalue weighted by molar-refractivity contribution is 5.47. The van der Waals surface area contributed by atoms with Crippen molar-refractivity contribution in [3.8, 4) is 0 Å². The van der Waals surface area contributed by atoms with Gasteiger partial charge in [-0.05, 0) is 18.8 Å². The maximum Gasteiger partial charge on any atom is 0.135 e.